The summed E-state index contributed by atoms with van der Waals surface area (Å²) in [6.45, 7) is 3.96. The Labute approximate surface area is 240 Å². The van der Waals surface area contributed by atoms with Crippen molar-refractivity contribution < 1.29 is 36.3 Å². The lowest BCUT2D eigenvalue weighted by Gasteiger charge is -2.19. The molecule has 0 radical (unpaired) electrons. The molecule has 0 fully saturated rings. The summed E-state index contributed by atoms with van der Waals surface area (Å²) in [4.78, 5) is 22.1. The summed E-state index contributed by atoms with van der Waals surface area (Å²) in [5.41, 5.74) is 0.598. The van der Waals surface area contributed by atoms with Crippen molar-refractivity contribution in [2.75, 3.05) is 38.0 Å². The molecule has 2 N–H and O–H groups in total. The Morgan fingerprint density at radius 3 is 2.43 bits per heavy atom. The maximum Gasteiger partial charge on any atom is 0.421 e. The van der Waals surface area contributed by atoms with E-state index in [1.54, 1.807) is 32.0 Å². The predicted octanol–water partition coefficient (Wildman–Crippen LogP) is 6.21. The summed E-state index contributed by atoms with van der Waals surface area (Å²) in [5, 5.41) is 14.9. The molecule has 222 valence electrons. The van der Waals surface area contributed by atoms with Crippen molar-refractivity contribution in [3.63, 3.8) is 0 Å². The van der Waals surface area contributed by atoms with Crippen LogP contribution in [0, 0.1) is 11.3 Å². The van der Waals surface area contributed by atoms with E-state index in [-0.39, 0.29) is 54.4 Å². The smallest absolute Gasteiger partial charge is 0.421 e. The highest BCUT2D eigenvalue weighted by molar-refractivity contribution is 7.53. The summed E-state index contributed by atoms with van der Waals surface area (Å²) in [7, 11) is -0.463. The maximum atomic E-state index is 13.9. The van der Waals surface area contributed by atoms with Crippen LogP contribution in [-0.4, -0.2) is 48.1 Å². The second-order valence-corrected chi connectivity index (χ2v) is 11.2. The molecule has 3 aromatic rings. The number of nitrogens with zero attached hydrogens (tertiary/aromatic N) is 4. The van der Waals surface area contributed by atoms with Gasteiger partial charge in [-0.15, -0.1) is 0 Å². The van der Waals surface area contributed by atoms with Gasteiger partial charge in [0, 0.05) is 25.4 Å². The summed E-state index contributed by atoms with van der Waals surface area (Å²) in [6, 6.07) is 9.62. The number of benzene rings is 2. The molecule has 0 atom stereocenters. The summed E-state index contributed by atoms with van der Waals surface area (Å²) in [6.07, 6.45) is -4.21. The number of amides is 1. The van der Waals surface area contributed by atoms with Crippen LogP contribution in [0.4, 0.5) is 36.3 Å². The van der Waals surface area contributed by atoms with Gasteiger partial charge in [-0.05, 0) is 43.7 Å². The van der Waals surface area contributed by atoms with E-state index in [1.165, 1.54) is 31.2 Å². The van der Waals surface area contributed by atoms with Crippen molar-refractivity contribution in [3.8, 4) is 11.8 Å². The first kappa shape index (κ1) is 30.8. The summed E-state index contributed by atoms with van der Waals surface area (Å²) >= 11 is 0. The lowest BCUT2D eigenvalue weighted by Crippen LogP contribution is -2.18. The summed E-state index contributed by atoms with van der Waals surface area (Å²) in [5.74, 6) is -0.948. The van der Waals surface area contributed by atoms with Gasteiger partial charge in [0.05, 0.1) is 55.1 Å². The minimum atomic E-state index is -4.81. The van der Waals surface area contributed by atoms with Gasteiger partial charge in [0.15, 0.2) is 0 Å². The molecule has 1 amide bonds. The molecule has 1 aliphatic heterocycles. The third-order valence-corrected chi connectivity index (χ3v) is 8.33. The molecule has 0 unspecified atom stereocenters. The molecule has 2 aromatic carbocycles. The second kappa shape index (κ2) is 12.4. The molecule has 0 bridgehead atoms. The molecule has 0 spiro atoms. The maximum absolute atomic E-state index is 13.9. The van der Waals surface area contributed by atoms with Gasteiger partial charge in [-0.3, -0.25) is 9.36 Å². The molecule has 1 aromatic heterocycles. The highest BCUT2D eigenvalue weighted by Crippen LogP contribution is 2.51. The molecule has 2 heterocycles. The van der Waals surface area contributed by atoms with E-state index in [0.717, 1.165) is 0 Å². The second-order valence-electron chi connectivity index (χ2n) is 9.13. The molecule has 4 rings (SSSR count). The number of hydrogen-bond donors (Lipinski definition) is 2. The molecule has 42 heavy (non-hydrogen) atoms. The SMILES string of the molecule is CCOP(=O)(Cc1ccc(Nc2ncc(C(F)(F)F)c(Nc3ccc(C#N)c4c3C(=O)N(C)C4)n2)c(OC)c1)OCC. The lowest BCUT2D eigenvalue weighted by molar-refractivity contribution is -0.137. The Morgan fingerprint density at radius 2 is 1.81 bits per heavy atom. The first-order valence-electron chi connectivity index (χ1n) is 12.8. The van der Waals surface area contributed by atoms with Crippen molar-refractivity contribution in [2.45, 2.75) is 32.7 Å². The average Bonchev–Trinajstić information content (AvgIpc) is 3.23. The van der Waals surface area contributed by atoms with Gasteiger partial charge in [0.2, 0.25) is 5.95 Å². The van der Waals surface area contributed by atoms with Crippen LogP contribution in [0.3, 0.4) is 0 Å². The van der Waals surface area contributed by atoms with Crippen LogP contribution in [0.25, 0.3) is 0 Å². The van der Waals surface area contributed by atoms with Gasteiger partial charge in [0.25, 0.3) is 5.91 Å². The fourth-order valence-corrected chi connectivity index (χ4v) is 6.13. The van der Waals surface area contributed by atoms with Crippen molar-refractivity contribution in [3.05, 3.63) is 64.3 Å². The Morgan fingerprint density at radius 1 is 1.12 bits per heavy atom. The van der Waals surface area contributed by atoms with Crippen LogP contribution in [0.15, 0.2) is 36.5 Å². The van der Waals surface area contributed by atoms with Gasteiger partial charge in [-0.1, -0.05) is 6.07 Å². The number of anilines is 4. The van der Waals surface area contributed by atoms with Crippen molar-refractivity contribution in [2.24, 2.45) is 0 Å². The predicted molar refractivity (Wildman–Crippen MR) is 148 cm³/mol. The number of aromatic nitrogens is 2. The standard InChI is InChI=1S/C27H28F3N6O5P/c1-5-40-42(38,41-6-2)15-16-7-9-20(22(11-16)39-4)34-26-32-13-19(27(28,29)30)24(35-26)33-21-10-8-17(12-31)18-14-36(3)25(37)23(18)21/h7-11,13H,5-6,14-15H2,1-4H3,(H2,32,33,34,35). The van der Waals surface area contributed by atoms with Gasteiger partial charge in [0.1, 0.15) is 17.1 Å². The quantitative estimate of drug-likeness (QED) is 0.243. The first-order valence-corrected chi connectivity index (χ1v) is 14.5. The van der Waals surface area contributed by atoms with Crippen LogP contribution in [-0.2, 0) is 32.5 Å². The third-order valence-electron chi connectivity index (χ3n) is 6.28. The lowest BCUT2D eigenvalue weighted by atomic mass is 10.0. The molecule has 1 aliphatic rings. The van der Waals surface area contributed by atoms with Crippen molar-refractivity contribution in [1.29, 1.82) is 5.26 Å². The van der Waals surface area contributed by atoms with E-state index in [9.17, 15) is 27.8 Å². The number of methoxy groups -OCH3 is 1. The fourth-order valence-electron chi connectivity index (χ4n) is 4.44. The van der Waals surface area contributed by atoms with E-state index in [1.807, 2.05) is 6.07 Å². The number of alkyl halides is 3. The number of ether oxygens (including phenoxy) is 1. The van der Waals surface area contributed by atoms with E-state index in [4.69, 9.17) is 13.8 Å². The number of carbonyl (C=O) groups excluding carboxylic acids is 1. The zero-order valence-electron chi connectivity index (χ0n) is 23.2. The molecule has 15 heteroatoms. The molecule has 0 saturated carbocycles. The van der Waals surface area contributed by atoms with Crippen molar-refractivity contribution >= 4 is 36.6 Å². The largest absolute Gasteiger partial charge is 0.495 e. The Balaban J connectivity index is 1.68. The van der Waals surface area contributed by atoms with Crippen LogP contribution >= 0.6 is 7.60 Å². The van der Waals surface area contributed by atoms with Gasteiger partial charge in [-0.2, -0.15) is 23.4 Å². The molecule has 0 saturated heterocycles. The highest BCUT2D eigenvalue weighted by atomic mass is 31.2. The Kier molecular flexibility index (Phi) is 9.06. The zero-order valence-corrected chi connectivity index (χ0v) is 24.1. The monoisotopic (exact) mass is 604 g/mol. The van der Waals surface area contributed by atoms with Crippen LogP contribution in [0.1, 0.15) is 46.5 Å². The molecular formula is C27H28F3N6O5P. The minimum Gasteiger partial charge on any atom is -0.495 e. The van der Waals surface area contributed by atoms with E-state index in [0.29, 0.717) is 23.0 Å². The number of fused-ring (bicyclic) bond motifs is 1. The molecule has 11 nitrogen and oxygen atoms in total. The normalized spacial score (nSPS) is 13.1. The number of carbonyl (C=O) groups is 1. The van der Waals surface area contributed by atoms with Gasteiger partial charge >= 0.3 is 13.8 Å². The minimum absolute atomic E-state index is 0.0149. The first-order chi connectivity index (χ1) is 19.9. The topological polar surface area (TPSA) is 139 Å². The number of halogens is 3. The highest BCUT2D eigenvalue weighted by Gasteiger charge is 2.37. The van der Waals surface area contributed by atoms with Crippen molar-refractivity contribution in [1.82, 2.24) is 14.9 Å². The van der Waals surface area contributed by atoms with Crippen LogP contribution < -0.4 is 15.4 Å². The van der Waals surface area contributed by atoms with Gasteiger partial charge in [-0.25, -0.2) is 4.98 Å². The third kappa shape index (κ3) is 6.49. The Bertz CT molecular complexity index is 1580. The van der Waals surface area contributed by atoms with E-state index in [2.05, 4.69) is 20.6 Å². The number of nitriles is 1. The van der Waals surface area contributed by atoms with Crippen LogP contribution in [0.5, 0.6) is 5.75 Å². The zero-order chi connectivity index (χ0) is 30.7. The number of nitrogens with one attached hydrogen (secondary N) is 2. The Hall–Kier alpha value is -4.18. The van der Waals surface area contributed by atoms with E-state index >= 15 is 0 Å². The fraction of sp³-hybridized carbons (Fsp3) is 0.333. The molecule has 0 aliphatic carbocycles. The number of rotatable bonds is 11. The average molecular weight is 605 g/mol. The summed E-state index contributed by atoms with van der Waals surface area (Å²) < 4.78 is 70.9. The number of hydrogen-bond acceptors (Lipinski definition) is 10. The van der Waals surface area contributed by atoms with Crippen LogP contribution in [0.2, 0.25) is 0 Å². The van der Waals surface area contributed by atoms with Gasteiger partial charge < -0.3 is 29.3 Å². The van der Waals surface area contributed by atoms with E-state index < -0.39 is 31.1 Å². The molecular weight excluding hydrogens is 576 g/mol.